The van der Waals surface area contributed by atoms with Gasteiger partial charge in [-0.25, -0.2) is 0 Å². The largest absolute Gasteiger partial charge is 0.371 e. The van der Waals surface area contributed by atoms with E-state index in [2.05, 4.69) is 67.6 Å². The molecule has 1 heterocycles. The van der Waals surface area contributed by atoms with E-state index in [9.17, 15) is 0 Å². The molecule has 1 unspecified atom stereocenters. The fourth-order valence-corrected chi connectivity index (χ4v) is 2.86. The second-order valence-electron chi connectivity index (χ2n) is 5.46. The van der Waals surface area contributed by atoms with Gasteiger partial charge in [0.1, 0.15) is 0 Å². The van der Waals surface area contributed by atoms with Crippen molar-refractivity contribution in [1.29, 1.82) is 0 Å². The smallest absolute Gasteiger partial charge is 0.190 e. The molecular weight excluding hydrogens is 455 g/mol. The van der Waals surface area contributed by atoms with Gasteiger partial charge in [-0.2, -0.15) is 0 Å². The van der Waals surface area contributed by atoms with E-state index < -0.39 is 0 Å². The molecule has 0 saturated carbocycles. The number of hydrogen-bond donors (Lipinski definition) is 2. The zero-order valence-corrected chi connectivity index (χ0v) is 17.2. The first-order valence-electron chi connectivity index (χ1n) is 7.68. The molecule has 2 N–H and O–H groups in total. The summed E-state index contributed by atoms with van der Waals surface area (Å²) < 4.78 is 1.13. The van der Waals surface area contributed by atoms with Crippen molar-refractivity contribution in [3.63, 3.8) is 0 Å². The average Bonchev–Trinajstić information content (AvgIpc) is 2.97. The summed E-state index contributed by atoms with van der Waals surface area (Å²) in [7, 11) is 1.83. The zero-order valence-electron chi connectivity index (χ0n) is 13.3. The Bertz CT molecular complexity index is 464. The van der Waals surface area contributed by atoms with Crippen LogP contribution in [0.15, 0.2) is 33.7 Å². The third kappa shape index (κ3) is 5.95. The van der Waals surface area contributed by atoms with E-state index >= 15 is 0 Å². The maximum atomic E-state index is 4.25. The van der Waals surface area contributed by atoms with Gasteiger partial charge in [-0.1, -0.05) is 22.9 Å². The van der Waals surface area contributed by atoms with Gasteiger partial charge >= 0.3 is 0 Å². The van der Waals surface area contributed by atoms with Crippen LogP contribution < -0.4 is 15.5 Å². The SMILES string of the molecule is CCCNC(=NC)NCC1CCN(c2ccc(Br)cc2)C1.I. The van der Waals surface area contributed by atoms with Crippen molar-refractivity contribution in [1.82, 2.24) is 10.6 Å². The number of nitrogens with one attached hydrogen (secondary N) is 2. The van der Waals surface area contributed by atoms with E-state index in [1.54, 1.807) is 0 Å². The summed E-state index contributed by atoms with van der Waals surface area (Å²) in [4.78, 5) is 6.71. The zero-order chi connectivity index (χ0) is 15.1. The molecule has 1 aliphatic rings. The summed E-state index contributed by atoms with van der Waals surface area (Å²) in [5.41, 5.74) is 1.31. The highest BCUT2D eigenvalue weighted by molar-refractivity contribution is 14.0. The fourth-order valence-electron chi connectivity index (χ4n) is 2.59. The van der Waals surface area contributed by atoms with E-state index in [0.29, 0.717) is 5.92 Å². The first-order chi connectivity index (χ1) is 10.2. The number of rotatable bonds is 5. The third-order valence-electron chi connectivity index (χ3n) is 3.80. The van der Waals surface area contributed by atoms with E-state index in [0.717, 1.165) is 43.0 Å². The van der Waals surface area contributed by atoms with Crippen LogP contribution in [0, 0.1) is 5.92 Å². The molecule has 22 heavy (non-hydrogen) atoms. The number of halogens is 2. The third-order valence-corrected chi connectivity index (χ3v) is 4.33. The van der Waals surface area contributed by atoms with Gasteiger partial charge in [-0.15, -0.1) is 24.0 Å². The molecule has 0 aliphatic carbocycles. The van der Waals surface area contributed by atoms with Gasteiger partial charge in [-0.05, 0) is 43.0 Å². The minimum absolute atomic E-state index is 0. The van der Waals surface area contributed by atoms with Gasteiger partial charge in [0.15, 0.2) is 5.96 Å². The average molecular weight is 481 g/mol. The summed E-state index contributed by atoms with van der Waals surface area (Å²) in [6.07, 6.45) is 2.34. The highest BCUT2D eigenvalue weighted by Crippen LogP contribution is 2.24. The number of aliphatic imine (C=N–C) groups is 1. The minimum atomic E-state index is 0. The quantitative estimate of drug-likeness (QED) is 0.385. The van der Waals surface area contributed by atoms with Crippen LogP contribution >= 0.6 is 39.9 Å². The maximum absolute atomic E-state index is 4.25. The normalized spacial score (nSPS) is 18.0. The van der Waals surface area contributed by atoms with E-state index in [1.165, 1.54) is 12.1 Å². The Hall–Kier alpha value is -0.500. The molecule has 1 aromatic carbocycles. The topological polar surface area (TPSA) is 39.7 Å². The molecule has 1 aromatic rings. The Kier molecular flexibility index (Phi) is 9.16. The molecule has 0 spiro atoms. The maximum Gasteiger partial charge on any atom is 0.190 e. The van der Waals surface area contributed by atoms with Crippen molar-refractivity contribution in [3.8, 4) is 0 Å². The lowest BCUT2D eigenvalue weighted by Crippen LogP contribution is -2.40. The Labute approximate surface area is 159 Å². The monoisotopic (exact) mass is 480 g/mol. The van der Waals surface area contributed by atoms with Crippen LogP contribution in [0.25, 0.3) is 0 Å². The van der Waals surface area contributed by atoms with Crippen LogP contribution in [0.5, 0.6) is 0 Å². The molecule has 4 nitrogen and oxygen atoms in total. The highest BCUT2D eigenvalue weighted by Gasteiger charge is 2.22. The fraction of sp³-hybridized carbons (Fsp3) is 0.562. The summed E-state index contributed by atoms with van der Waals surface area (Å²) >= 11 is 3.49. The molecule has 0 amide bonds. The van der Waals surface area contributed by atoms with E-state index in [4.69, 9.17) is 0 Å². The molecule has 1 saturated heterocycles. The second-order valence-corrected chi connectivity index (χ2v) is 6.37. The van der Waals surface area contributed by atoms with Crippen LogP contribution in [0.2, 0.25) is 0 Å². The molecule has 2 rings (SSSR count). The van der Waals surface area contributed by atoms with E-state index in [1.807, 2.05) is 7.05 Å². The van der Waals surface area contributed by atoms with Gasteiger partial charge in [0, 0.05) is 43.4 Å². The molecule has 1 aliphatic heterocycles. The summed E-state index contributed by atoms with van der Waals surface area (Å²) in [5, 5.41) is 6.74. The standard InChI is InChI=1S/C16H25BrN4.HI/c1-3-9-19-16(18-2)20-11-13-8-10-21(12-13)15-6-4-14(17)5-7-15;/h4-7,13H,3,8-12H2,1-2H3,(H2,18,19,20);1H. The number of guanidine groups is 1. The lowest BCUT2D eigenvalue weighted by Gasteiger charge is -2.19. The van der Waals surface area contributed by atoms with Gasteiger partial charge in [-0.3, -0.25) is 4.99 Å². The molecule has 1 atom stereocenters. The highest BCUT2D eigenvalue weighted by atomic mass is 127. The molecule has 0 aromatic heterocycles. The van der Waals surface area contributed by atoms with Crippen LogP contribution in [0.3, 0.4) is 0 Å². The van der Waals surface area contributed by atoms with Gasteiger partial charge in [0.05, 0.1) is 0 Å². The van der Waals surface area contributed by atoms with Crippen molar-refractivity contribution >= 4 is 51.6 Å². The van der Waals surface area contributed by atoms with Gasteiger partial charge < -0.3 is 15.5 Å². The Morgan fingerprint density at radius 2 is 2.05 bits per heavy atom. The van der Waals surface area contributed by atoms with Crippen LogP contribution in [-0.2, 0) is 0 Å². The van der Waals surface area contributed by atoms with Gasteiger partial charge in [0.25, 0.3) is 0 Å². The molecule has 6 heteroatoms. The molecular formula is C16H26BrIN4. The number of nitrogens with zero attached hydrogens (tertiary/aromatic N) is 2. The van der Waals surface area contributed by atoms with Crippen molar-refractivity contribution in [2.75, 3.05) is 38.1 Å². The van der Waals surface area contributed by atoms with Crippen molar-refractivity contribution in [3.05, 3.63) is 28.7 Å². The predicted molar refractivity (Wildman–Crippen MR) is 110 cm³/mol. The second kappa shape index (κ2) is 10.3. The number of anilines is 1. The lowest BCUT2D eigenvalue weighted by molar-refractivity contribution is 0.565. The van der Waals surface area contributed by atoms with Crippen molar-refractivity contribution < 1.29 is 0 Å². The Balaban J connectivity index is 0.00000242. The summed E-state index contributed by atoms with van der Waals surface area (Å²) in [5.74, 6) is 1.59. The number of benzene rings is 1. The van der Waals surface area contributed by atoms with Gasteiger partial charge in [0.2, 0.25) is 0 Å². The first-order valence-corrected chi connectivity index (χ1v) is 8.47. The van der Waals surface area contributed by atoms with Crippen LogP contribution in [0.1, 0.15) is 19.8 Å². The molecule has 124 valence electrons. The van der Waals surface area contributed by atoms with Crippen LogP contribution in [0.4, 0.5) is 5.69 Å². The molecule has 0 bridgehead atoms. The van der Waals surface area contributed by atoms with Crippen molar-refractivity contribution in [2.24, 2.45) is 10.9 Å². The first kappa shape index (κ1) is 19.5. The van der Waals surface area contributed by atoms with Crippen molar-refractivity contribution in [2.45, 2.75) is 19.8 Å². The molecule has 1 fully saturated rings. The summed E-state index contributed by atoms with van der Waals surface area (Å²) in [6.45, 7) is 6.35. The minimum Gasteiger partial charge on any atom is -0.371 e. The Morgan fingerprint density at radius 1 is 1.32 bits per heavy atom. The number of hydrogen-bond acceptors (Lipinski definition) is 2. The summed E-state index contributed by atoms with van der Waals surface area (Å²) in [6, 6.07) is 8.58. The van der Waals surface area contributed by atoms with Crippen LogP contribution in [-0.4, -0.2) is 39.2 Å². The lowest BCUT2D eigenvalue weighted by atomic mass is 10.1. The van der Waals surface area contributed by atoms with E-state index in [-0.39, 0.29) is 24.0 Å². The predicted octanol–water partition coefficient (Wildman–Crippen LogP) is 3.47. The molecule has 0 radical (unpaired) electrons. The Morgan fingerprint density at radius 3 is 2.68 bits per heavy atom.